The maximum absolute atomic E-state index is 14.5. The van der Waals surface area contributed by atoms with Crippen LogP contribution in [0, 0.1) is 11.6 Å². The number of Topliss-reactive ketones (excluding diaryl/α,β-unsaturated/α-hetero) is 2. The van der Waals surface area contributed by atoms with Crippen molar-refractivity contribution in [1.82, 2.24) is 34.3 Å². The molecule has 4 atom stereocenters. The average Bonchev–Trinajstić information content (AvgIpc) is 2.48. The molecule has 4 heterocycles. The van der Waals surface area contributed by atoms with Crippen molar-refractivity contribution in [3.63, 3.8) is 0 Å². The number of carbonyl (C=O) groups excluding carboxylic acids is 7. The molecule has 4 aliphatic rings. The largest absolute Gasteiger partial charge is 0.478 e. The summed E-state index contributed by atoms with van der Waals surface area (Å²) in [6.45, 7) is 0.899. The van der Waals surface area contributed by atoms with E-state index in [9.17, 15) is 77.9 Å². The molecule has 85 heavy (non-hydrogen) atoms. The Morgan fingerprint density at radius 3 is 1.41 bits per heavy atom. The lowest BCUT2D eigenvalue weighted by Gasteiger charge is -2.24. The number of fused-ring (bicyclic) bond motifs is 2. The minimum Gasteiger partial charge on any atom is -0.478 e. The van der Waals surface area contributed by atoms with Crippen LogP contribution in [0.1, 0.15) is 105 Å². The van der Waals surface area contributed by atoms with Crippen LogP contribution in [0.15, 0.2) is 85.2 Å². The lowest BCUT2D eigenvalue weighted by Crippen LogP contribution is -2.46. The summed E-state index contributed by atoms with van der Waals surface area (Å²) in [7, 11) is -6.93. The summed E-state index contributed by atoms with van der Waals surface area (Å²) in [6, 6.07) is 14.9. The van der Waals surface area contributed by atoms with Gasteiger partial charge in [-0.25, -0.2) is 49.1 Å². The van der Waals surface area contributed by atoms with Crippen LogP contribution in [0.5, 0.6) is 0 Å². The van der Waals surface area contributed by atoms with E-state index in [4.69, 9.17) is 28.3 Å². The zero-order chi connectivity index (χ0) is 62.0. The van der Waals surface area contributed by atoms with Gasteiger partial charge in [0, 0.05) is 76.9 Å². The quantitative estimate of drug-likeness (QED) is 0.0507. The van der Waals surface area contributed by atoms with Gasteiger partial charge < -0.3 is 34.7 Å². The third kappa shape index (κ3) is 15.0. The van der Waals surface area contributed by atoms with Gasteiger partial charge in [-0.15, -0.1) is 0 Å². The molecule has 4 aromatic carbocycles. The molecule has 21 nitrogen and oxygen atoms in total. The van der Waals surface area contributed by atoms with Gasteiger partial charge in [0.15, 0.2) is 11.6 Å². The number of hydrogen-bond acceptors (Lipinski definition) is 12. The molecule has 6 aromatic rings. The number of aromatic nitrogens is 2. The third-order valence-electron chi connectivity index (χ3n) is 14.5. The Labute approximate surface area is 493 Å². The number of halogens is 6. The van der Waals surface area contributed by atoms with Crippen molar-refractivity contribution in [3.8, 4) is 0 Å². The molecule has 2 aromatic heterocycles. The topological polar surface area (TPSA) is 304 Å². The molecule has 10 rings (SSSR count). The normalized spacial score (nSPS) is 18.5. The first kappa shape index (κ1) is 63.3. The van der Waals surface area contributed by atoms with E-state index in [1.807, 2.05) is 0 Å². The van der Waals surface area contributed by atoms with Gasteiger partial charge in [-0.1, -0.05) is 59.6 Å². The molecule has 452 valence electrons. The predicted octanol–water partition coefficient (Wildman–Crippen LogP) is 6.14. The zero-order valence-electron chi connectivity index (χ0n) is 45.3. The van der Waals surface area contributed by atoms with E-state index in [2.05, 4.69) is 15.4 Å². The number of amides is 5. The highest BCUT2D eigenvalue weighted by atomic mass is 35.5. The van der Waals surface area contributed by atoms with Crippen LogP contribution >= 0.6 is 23.2 Å². The number of rotatable bonds is 17. The van der Waals surface area contributed by atoms with Gasteiger partial charge in [0.05, 0.1) is 50.2 Å². The SMILES string of the molecule is CC(=O)c1cn(CC(=O)N2C[C@H](F)C[C@H]2C(=O)NCc2cccc(Cl)c2F)c2cc(C(=O)NS(=O)(=O)C3CC3)ccc12.CC(=O)c1cn(CC(=O)N2C[C@H](F)C[C@H]2C(=O)NCc2cccc(Cl)c2F)c2cc(C(=O)O)ccc12.NS(=O)(=O)C1CC1. The summed E-state index contributed by atoms with van der Waals surface area (Å²) in [5.41, 5.74) is 1.47. The minimum atomic E-state index is -3.80. The molecule has 29 heteroatoms. The summed E-state index contributed by atoms with van der Waals surface area (Å²) in [5.74, 6) is -6.49. The van der Waals surface area contributed by atoms with Crippen molar-refractivity contribution < 1.29 is 77.9 Å². The second-order valence-corrected chi connectivity index (χ2v) is 25.5. The standard InChI is InChI=1S/C28H27ClF2N4O6S.C25H22ClF2N3O5.C3H7NO2S/c1-15(36)21-13-34(23-9-16(5-8-20(21)23)27(38)33-42(40,41)19-6-7-19)14-25(37)35-12-18(30)10-24(35)28(39)32-11-17-3-2-4-22(29)26(17)31;1-13(32)18-11-30(20-7-14(25(35)36)5-6-17(18)20)12-22(33)31-10-16(27)8-21(31)24(34)29-9-15-3-2-4-19(26)23(15)28;4-7(5,6)3-1-2-3/h2-5,8-9,13,18-19,24H,6-7,10-12,14H2,1H3,(H,32,39)(H,33,38);2-7,11,16,21H,8-10,12H2,1H3,(H,29,34)(H,35,36);3H,1-2H2,(H2,4,5,6)/t18-,24+;16-,21+;/m11./s1. The first-order valence-electron chi connectivity index (χ1n) is 26.4. The highest BCUT2D eigenvalue weighted by Crippen LogP contribution is 2.31. The minimum absolute atomic E-state index is 0.00382. The van der Waals surface area contributed by atoms with Crippen molar-refractivity contribution in [2.75, 3.05) is 13.1 Å². The number of likely N-dealkylation sites (tertiary alicyclic amines) is 2. The van der Waals surface area contributed by atoms with Gasteiger partial charge in [-0.05, 0) is 75.9 Å². The first-order valence-corrected chi connectivity index (χ1v) is 30.3. The molecule has 0 unspecified atom stereocenters. The van der Waals surface area contributed by atoms with Gasteiger partial charge in [0.1, 0.15) is 49.2 Å². The number of ketones is 2. The van der Waals surface area contributed by atoms with Crippen LogP contribution in [-0.2, 0) is 65.4 Å². The smallest absolute Gasteiger partial charge is 0.335 e. The molecule has 2 aliphatic heterocycles. The van der Waals surface area contributed by atoms with E-state index < -0.39 is 103 Å². The van der Waals surface area contributed by atoms with Crippen molar-refractivity contribution >= 4 is 112 Å². The van der Waals surface area contributed by atoms with Crippen molar-refractivity contribution in [2.24, 2.45) is 5.14 Å². The molecule has 6 N–H and O–H groups in total. The number of nitrogens with one attached hydrogen (secondary N) is 3. The molecule has 0 radical (unpaired) electrons. The molecule has 4 fully saturated rings. The fraction of sp³-hybridized carbons (Fsp3) is 0.357. The number of benzene rings is 4. The third-order valence-corrected chi connectivity index (χ3v) is 18.3. The Balaban J connectivity index is 0.000000200. The van der Waals surface area contributed by atoms with Crippen LogP contribution in [-0.4, -0.2) is 136 Å². The number of carbonyl (C=O) groups is 8. The molecule has 5 amide bonds. The van der Waals surface area contributed by atoms with E-state index in [0.29, 0.717) is 40.2 Å². The maximum atomic E-state index is 14.5. The number of primary sulfonamides is 1. The van der Waals surface area contributed by atoms with Gasteiger partial charge in [0.25, 0.3) is 5.91 Å². The van der Waals surface area contributed by atoms with E-state index in [1.165, 1.54) is 108 Å². The van der Waals surface area contributed by atoms with E-state index in [-0.39, 0.29) is 100 Å². The Bertz CT molecular complexity index is 3930. The highest BCUT2D eigenvalue weighted by molar-refractivity contribution is 7.91. The van der Waals surface area contributed by atoms with E-state index in [1.54, 1.807) is 0 Å². The van der Waals surface area contributed by atoms with Crippen LogP contribution < -0.4 is 20.5 Å². The van der Waals surface area contributed by atoms with Crippen molar-refractivity contribution in [3.05, 3.63) is 140 Å². The predicted molar refractivity (Wildman–Crippen MR) is 303 cm³/mol. The molecule has 0 spiro atoms. The number of sulfonamides is 2. The second-order valence-electron chi connectivity index (χ2n) is 20.8. The summed E-state index contributed by atoms with van der Waals surface area (Å²) in [4.78, 5) is 103. The van der Waals surface area contributed by atoms with Crippen LogP contribution in [0.25, 0.3) is 21.8 Å². The van der Waals surface area contributed by atoms with E-state index in [0.717, 1.165) is 22.6 Å². The summed E-state index contributed by atoms with van der Waals surface area (Å²) in [6.07, 6.45) is 1.97. The van der Waals surface area contributed by atoms with Crippen molar-refractivity contribution in [2.45, 2.75) is 113 Å². The molecule has 2 saturated carbocycles. The van der Waals surface area contributed by atoms with Crippen LogP contribution in [0.3, 0.4) is 0 Å². The molecule has 2 aliphatic carbocycles. The highest BCUT2D eigenvalue weighted by Gasteiger charge is 2.42. The number of alkyl halides is 2. The summed E-state index contributed by atoms with van der Waals surface area (Å²) in [5, 5.41) is 19.0. The van der Waals surface area contributed by atoms with E-state index >= 15 is 0 Å². The lowest BCUT2D eigenvalue weighted by atomic mass is 10.1. The summed E-state index contributed by atoms with van der Waals surface area (Å²) < 4.78 is 107. The fourth-order valence-corrected chi connectivity index (χ4v) is 12.3. The second kappa shape index (κ2) is 25.9. The van der Waals surface area contributed by atoms with Crippen molar-refractivity contribution in [1.29, 1.82) is 0 Å². The Kier molecular flexibility index (Phi) is 19.3. The molecule has 0 bridgehead atoms. The molecular formula is C56H56Cl2F4N8O13S2. The van der Waals surface area contributed by atoms with Crippen LogP contribution in [0.4, 0.5) is 17.6 Å². The first-order chi connectivity index (χ1) is 40.0. The van der Waals surface area contributed by atoms with Gasteiger partial charge in [-0.2, -0.15) is 0 Å². The van der Waals surface area contributed by atoms with Crippen LogP contribution in [0.2, 0.25) is 10.0 Å². The number of hydrogen-bond donors (Lipinski definition) is 5. The number of carboxylic acids is 1. The monoisotopic (exact) mass is 1260 g/mol. The number of nitrogens with two attached hydrogens (primary N) is 1. The fourth-order valence-electron chi connectivity index (χ4n) is 9.79. The van der Waals surface area contributed by atoms with Gasteiger partial charge >= 0.3 is 5.97 Å². The number of nitrogens with zero attached hydrogens (tertiary/aromatic N) is 4. The number of aromatic carboxylic acids is 1. The number of carboxylic acid groups (broad SMARTS) is 1. The molecular weight excluding hydrogens is 1200 g/mol. The average molecular weight is 1260 g/mol. The maximum Gasteiger partial charge on any atom is 0.335 e. The summed E-state index contributed by atoms with van der Waals surface area (Å²) >= 11 is 11.5. The van der Waals surface area contributed by atoms with Gasteiger partial charge in [0.2, 0.25) is 43.7 Å². The Morgan fingerprint density at radius 2 is 1.04 bits per heavy atom. The lowest BCUT2D eigenvalue weighted by molar-refractivity contribution is -0.139. The molecule has 2 saturated heterocycles. The Morgan fingerprint density at radius 1 is 0.624 bits per heavy atom. The zero-order valence-corrected chi connectivity index (χ0v) is 48.5. The van der Waals surface area contributed by atoms with Gasteiger partial charge in [-0.3, -0.25) is 33.6 Å². The Hall–Kier alpha value is -7.72.